The van der Waals surface area contributed by atoms with Crippen LogP contribution in [0.2, 0.25) is 0 Å². The van der Waals surface area contributed by atoms with Gasteiger partial charge in [0.15, 0.2) is 0 Å². The van der Waals surface area contributed by atoms with Crippen LogP contribution in [0.1, 0.15) is 12.7 Å². The summed E-state index contributed by atoms with van der Waals surface area (Å²) in [5.74, 6) is 0.102. The summed E-state index contributed by atoms with van der Waals surface area (Å²) >= 11 is 0. The van der Waals surface area contributed by atoms with Crippen LogP contribution < -0.4 is 5.32 Å². The van der Waals surface area contributed by atoms with Gasteiger partial charge in [0.1, 0.15) is 28.7 Å². The Labute approximate surface area is 126 Å². The Hall–Kier alpha value is -2.53. The molecule has 0 radical (unpaired) electrons. The third-order valence-corrected chi connectivity index (χ3v) is 3.45. The highest BCUT2D eigenvalue weighted by Crippen LogP contribution is 2.38. The summed E-state index contributed by atoms with van der Waals surface area (Å²) in [5, 5.41) is 23.2. The lowest BCUT2D eigenvalue weighted by Gasteiger charge is -2.06. The average molecular weight is 301 g/mol. The summed E-state index contributed by atoms with van der Waals surface area (Å²) in [6, 6.07) is 8.68. The van der Waals surface area contributed by atoms with E-state index in [9.17, 15) is 14.6 Å². The molecule has 114 valence electrons. The number of nitrogens with one attached hydrogen (secondary N) is 1. The molecule has 0 unspecified atom stereocenters. The van der Waals surface area contributed by atoms with E-state index in [1.807, 2.05) is 6.92 Å². The smallest absolute Gasteiger partial charge is 0.142 e. The van der Waals surface area contributed by atoms with Gasteiger partial charge in [-0.1, -0.05) is 6.92 Å². The summed E-state index contributed by atoms with van der Waals surface area (Å²) in [5.41, 5.74) is 1.37. The van der Waals surface area contributed by atoms with Crippen LogP contribution in [0.5, 0.6) is 11.5 Å². The van der Waals surface area contributed by atoms with E-state index in [1.165, 1.54) is 30.3 Å². The molecular formula is C17H16FNO3. The van der Waals surface area contributed by atoms with Gasteiger partial charge in [-0.3, -0.25) is 0 Å². The molecule has 4 nitrogen and oxygen atoms in total. The van der Waals surface area contributed by atoms with E-state index in [0.29, 0.717) is 34.4 Å². The van der Waals surface area contributed by atoms with Gasteiger partial charge in [0, 0.05) is 22.6 Å². The molecule has 3 rings (SSSR count). The van der Waals surface area contributed by atoms with Crippen molar-refractivity contribution in [1.29, 1.82) is 0 Å². The van der Waals surface area contributed by atoms with Crippen molar-refractivity contribution in [2.24, 2.45) is 0 Å². The molecule has 0 aliphatic carbocycles. The minimum absolute atomic E-state index is 0.0545. The Morgan fingerprint density at radius 1 is 1.09 bits per heavy atom. The summed E-state index contributed by atoms with van der Waals surface area (Å²) in [6.07, 6.45) is 0. The summed E-state index contributed by atoms with van der Waals surface area (Å²) in [4.78, 5) is 0. The summed E-state index contributed by atoms with van der Waals surface area (Å²) in [6.45, 7) is 3.34. The number of phenolic OH excluding ortho intramolecular Hbond substituents is 2. The minimum Gasteiger partial charge on any atom is -0.508 e. The Morgan fingerprint density at radius 3 is 2.64 bits per heavy atom. The van der Waals surface area contributed by atoms with E-state index in [1.54, 1.807) is 6.07 Å². The molecule has 0 fully saturated rings. The molecule has 0 amide bonds. The molecule has 0 saturated carbocycles. The maximum atomic E-state index is 13.9. The molecule has 0 saturated heterocycles. The lowest BCUT2D eigenvalue weighted by molar-refractivity contribution is 0.451. The SMILES string of the molecule is CCNCc1cc2cc(F)cc(-c3ccc(O)cc3O)c2o1. The lowest BCUT2D eigenvalue weighted by atomic mass is 10.0. The minimum atomic E-state index is -0.411. The van der Waals surface area contributed by atoms with E-state index in [4.69, 9.17) is 4.42 Å². The van der Waals surface area contributed by atoms with Crippen molar-refractivity contribution >= 4 is 11.0 Å². The molecule has 1 aromatic heterocycles. The first-order chi connectivity index (χ1) is 10.6. The number of fused-ring (bicyclic) bond motifs is 1. The number of benzene rings is 2. The van der Waals surface area contributed by atoms with Crippen molar-refractivity contribution < 1.29 is 19.0 Å². The van der Waals surface area contributed by atoms with Gasteiger partial charge in [0.25, 0.3) is 0 Å². The van der Waals surface area contributed by atoms with Crippen molar-refractivity contribution in [3.63, 3.8) is 0 Å². The van der Waals surface area contributed by atoms with Crippen molar-refractivity contribution in [3.05, 3.63) is 48.0 Å². The molecule has 22 heavy (non-hydrogen) atoms. The quantitative estimate of drug-likeness (QED) is 0.686. The highest BCUT2D eigenvalue weighted by Gasteiger charge is 2.15. The second kappa shape index (κ2) is 5.69. The van der Waals surface area contributed by atoms with Gasteiger partial charge >= 0.3 is 0 Å². The topological polar surface area (TPSA) is 65.6 Å². The van der Waals surface area contributed by atoms with Gasteiger partial charge in [-0.2, -0.15) is 0 Å². The molecule has 0 bridgehead atoms. The third kappa shape index (κ3) is 2.63. The number of hydrogen-bond acceptors (Lipinski definition) is 4. The zero-order valence-electron chi connectivity index (χ0n) is 12.1. The van der Waals surface area contributed by atoms with Crippen LogP contribution in [0.25, 0.3) is 22.1 Å². The molecule has 5 heteroatoms. The predicted octanol–water partition coefficient (Wildman–Crippen LogP) is 3.76. The Bertz CT molecular complexity index is 826. The van der Waals surface area contributed by atoms with E-state index in [0.717, 1.165) is 6.54 Å². The third-order valence-electron chi connectivity index (χ3n) is 3.45. The van der Waals surface area contributed by atoms with Crippen LogP contribution >= 0.6 is 0 Å². The van der Waals surface area contributed by atoms with Crippen molar-refractivity contribution in [2.75, 3.05) is 6.54 Å². The first-order valence-corrected chi connectivity index (χ1v) is 7.03. The number of rotatable bonds is 4. The van der Waals surface area contributed by atoms with Crippen LogP contribution in [-0.2, 0) is 6.54 Å². The second-order valence-corrected chi connectivity index (χ2v) is 5.07. The van der Waals surface area contributed by atoms with Crippen molar-refractivity contribution in [1.82, 2.24) is 5.32 Å². The molecule has 3 aromatic rings. The van der Waals surface area contributed by atoms with Crippen molar-refractivity contribution in [3.8, 4) is 22.6 Å². The van der Waals surface area contributed by atoms with Gasteiger partial charge in [-0.15, -0.1) is 0 Å². The molecular weight excluding hydrogens is 285 g/mol. The molecule has 0 atom stereocenters. The molecule has 0 spiro atoms. The average Bonchev–Trinajstić information content (AvgIpc) is 2.87. The predicted molar refractivity (Wildman–Crippen MR) is 82.3 cm³/mol. The fourth-order valence-corrected chi connectivity index (χ4v) is 2.45. The lowest BCUT2D eigenvalue weighted by Crippen LogP contribution is -2.10. The first-order valence-electron chi connectivity index (χ1n) is 7.03. The first kappa shape index (κ1) is 14.4. The molecule has 3 N–H and O–H groups in total. The molecule has 0 aliphatic heterocycles. The highest BCUT2D eigenvalue weighted by molar-refractivity contribution is 5.94. The number of halogens is 1. The van der Waals surface area contributed by atoms with Crippen LogP contribution in [0.3, 0.4) is 0 Å². The van der Waals surface area contributed by atoms with E-state index in [-0.39, 0.29) is 11.5 Å². The Morgan fingerprint density at radius 2 is 1.91 bits per heavy atom. The Kier molecular flexibility index (Phi) is 3.73. The summed E-state index contributed by atoms with van der Waals surface area (Å²) < 4.78 is 19.7. The largest absolute Gasteiger partial charge is 0.508 e. The second-order valence-electron chi connectivity index (χ2n) is 5.07. The van der Waals surface area contributed by atoms with Crippen LogP contribution in [0.4, 0.5) is 4.39 Å². The van der Waals surface area contributed by atoms with Crippen molar-refractivity contribution in [2.45, 2.75) is 13.5 Å². The zero-order valence-corrected chi connectivity index (χ0v) is 12.1. The number of phenols is 2. The number of aromatic hydroxyl groups is 2. The fraction of sp³-hybridized carbons (Fsp3) is 0.176. The van der Waals surface area contributed by atoms with Gasteiger partial charge in [0.2, 0.25) is 0 Å². The molecule has 0 aliphatic rings. The van der Waals surface area contributed by atoms with E-state index in [2.05, 4.69) is 5.32 Å². The van der Waals surface area contributed by atoms with E-state index >= 15 is 0 Å². The van der Waals surface area contributed by atoms with Gasteiger partial charge in [-0.05, 0) is 36.9 Å². The zero-order chi connectivity index (χ0) is 15.7. The van der Waals surface area contributed by atoms with Gasteiger partial charge in [-0.25, -0.2) is 4.39 Å². The van der Waals surface area contributed by atoms with Crippen LogP contribution in [-0.4, -0.2) is 16.8 Å². The normalized spacial score (nSPS) is 11.2. The molecule has 2 aromatic carbocycles. The number of hydrogen-bond donors (Lipinski definition) is 3. The van der Waals surface area contributed by atoms with Crippen LogP contribution in [0.15, 0.2) is 40.8 Å². The Balaban J connectivity index is 2.17. The fourth-order valence-electron chi connectivity index (χ4n) is 2.45. The monoisotopic (exact) mass is 301 g/mol. The van der Waals surface area contributed by atoms with Crippen LogP contribution in [0, 0.1) is 5.82 Å². The van der Waals surface area contributed by atoms with Gasteiger partial charge < -0.3 is 19.9 Å². The van der Waals surface area contributed by atoms with Gasteiger partial charge in [0.05, 0.1) is 6.54 Å². The standard InChI is InChI=1S/C17H16FNO3/c1-2-19-9-13-6-10-5-11(18)7-15(17(10)22-13)14-4-3-12(20)8-16(14)21/h3-8,19-21H,2,9H2,1H3. The van der Waals surface area contributed by atoms with E-state index < -0.39 is 5.82 Å². The maximum absolute atomic E-state index is 13.9. The molecule has 1 heterocycles. The maximum Gasteiger partial charge on any atom is 0.142 e. The summed E-state index contributed by atoms with van der Waals surface area (Å²) in [7, 11) is 0. The highest BCUT2D eigenvalue weighted by atomic mass is 19.1. The number of furan rings is 1.